The van der Waals surface area contributed by atoms with Crippen LogP contribution in [0.4, 0.5) is 17.6 Å². The van der Waals surface area contributed by atoms with Crippen molar-refractivity contribution in [3.63, 3.8) is 0 Å². The molecule has 1 saturated heterocycles. The molecule has 0 N–H and O–H groups in total. The van der Waals surface area contributed by atoms with Gasteiger partial charge < -0.3 is 9.47 Å². The summed E-state index contributed by atoms with van der Waals surface area (Å²) in [7, 11) is 5.20. The van der Waals surface area contributed by atoms with Crippen molar-refractivity contribution in [1.82, 2.24) is 0 Å². The third kappa shape index (κ3) is 4.26. The van der Waals surface area contributed by atoms with Crippen LogP contribution in [0.5, 0.6) is 5.75 Å². The highest BCUT2D eigenvalue weighted by molar-refractivity contribution is 6.08. The van der Waals surface area contributed by atoms with Crippen LogP contribution in [0.1, 0.15) is 31.4 Å². The van der Waals surface area contributed by atoms with E-state index in [4.69, 9.17) is 17.3 Å². The number of rotatable bonds is 5. The van der Waals surface area contributed by atoms with Gasteiger partial charge in [0.2, 0.25) is 5.82 Å². The molecule has 32 heavy (non-hydrogen) atoms. The lowest BCUT2D eigenvalue weighted by molar-refractivity contribution is -0.0144. The van der Waals surface area contributed by atoms with E-state index in [1.807, 2.05) is 0 Å². The van der Waals surface area contributed by atoms with E-state index >= 15 is 0 Å². The third-order valence-corrected chi connectivity index (χ3v) is 5.76. The molecule has 3 aromatic rings. The molecule has 0 bridgehead atoms. The Morgan fingerprint density at radius 2 is 1.41 bits per heavy atom. The van der Waals surface area contributed by atoms with Gasteiger partial charge in [0.25, 0.3) is 0 Å². The summed E-state index contributed by atoms with van der Waals surface area (Å²) >= 11 is 0. The molecule has 0 aliphatic carbocycles. The van der Waals surface area contributed by atoms with Crippen LogP contribution in [0.25, 0.3) is 22.3 Å². The fourth-order valence-corrected chi connectivity index (χ4v) is 3.95. The SMILES string of the molecule is [B]COc1ccc(-c2ccc(-c3ccc(C4CCC(C)CO4)c(F)c3F)cc2)c(F)c1F. The molecule has 0 amide bonds. The van der Waals surface area contributed by atoms with E-state index in [-0.39, 0.29) is 28.9 Å². The number of ether oxygens (including phenoxy) is 2. The van der Waals surface area contributed by atoms with Gasteiger partial charge in [-0.2, -0.15) is 4.39 Å². The lowest BCUT2D eigenvalue weighted by atomic mass is 9.93. The van der Waals surface area contributed by atoms with Gasteiger partial charge in [-0.3, -0.25) is 0 Å². The van der Waals surface area contributed by atoms with Crippen LogP contribution >= 0.6 is 0 Å². The van der Waals surface area contributed by atoms with Crippen LogP contribution in [0, 0.1) is 29.2 Å². The molecule has 1 fully saturated rings. The number of hydrogen-bond donors (Lipinski definition) is 0. The van der Waals surface area contributed by atoms with E-state index in [0.717, 1.165) is 6.42 Å². The van der Waals surface area contributed by atoms with E-state index < -0.39 is 29.4 Å². The van der Waals surface area contributed by atoms with Crippen LogP contribution < -0.4 is 4.74 Å². The maximum Gasteiger partial charge on any atom is 0.201 e. The van der Waals surface area contributed by atoms with Gasteiger partial charge in [-0.1, -0.05) is 43.3 Å². The second-order valence-electron chi connectivity index (χ2n) is 7.96. The lowest BCUT2D eigenvalue weighted by Crippen LogP contribution is -2.19. The van der Waals surface area contributed by atoms with Crippen molar-refractivity contribution in [2.24, 2.45) is 5.92 Å². The van der Waals surface area contributed by atoms with Gasteiger partial charge in [0.05, 0.1) is 6.10 Å². The van der Waals surface area contributed by atoms with Crippen molar-refractivity contribution < 1.29 is 27.0 Å². The summed E-state index contributed by atoms with van der Waals surface area (Å²) in [6.07, 6.45) is 1.08. The Bertz CT molecular complexity index is 1110. The maximum absolute atomic E-state index is 14.9. The van der Waals surface area contributed by atoms with Crippen LogP contribution in [0.2, 0.25) is 0 Å². The summed E-state index contributed by atoms with van der Waals surface area (Å²) in [6, 6.07) is 11.8. The molecule has 0 spiro atoms. The molecular weight excluding hydrogens is 419 g/mol. The molecule has 1 aliphatic heterocycles. The minimum absolute atomic E-state index is 0.0177. The molecule has 1 aliphatic rings. The summed E-state index contributed by atoms with van der Waals surface area (Å²) in [5.41, 5.74) is 1.11. The fraction of sp³-hybridized carbons (Fsp3) is 0.280. The first-order chi connectivity index (χ1) is 15.4. The average molecular weight is 440 g/mol. The van der Waals surface area contributed by atoms with Crippen LogP contribution in [-0.2, 0) is 4.74 Å². The van der Waals surface area contributed by atoms with Crippen LogP contribution in [-0.4, -0.2) is 21.0 Å². The lowest BCUT2D eigenvalue weighted by Gasteiger charge is -2.27. The highest BCUT2D eigenvalue weighted by Crippen LogP contribution is 2.36. The first kappa shape index (κ1) is 22.4. The van der Waals surface area contributed by atoms with E-state index in [2.05, 4.69) is 6.92 Å². The average Bonchev–Trinajstić information content (AvgIpc) is 2.80. The van der Waals surface area contributed by atoms with E-state index in [1.54, 1.807) is 6.07 Å². The first-order valence-corrected chi connectivity index (χ1v) is 10.4. The summed E-state index contributed by atoms with van der Waals surface area (Å²) < 4.78 is 68.8. The molecule has 0 saturated carbocycles. The molecule has 4 rings (SSSR count). The zero-order chi connectivity index (χ0) is 22.8. The Morgan fingerprint density at radius 1 is 0.812 bits per heavy atom. The van der Waals surface area contributed by atoms with Crippen molar-refractivity contribution in [2.45, 2.75) is 25.9 Å². The van der Waals surface area contributed by atoms with E-state index in [9.17, 15) is 17.6 Å². The molecule has 2 radical (unpaired) electrons. The molecular formula is C25H21BF4O2. The third-order valence-electron chi connectivity index (χ3n) is 5.76. The predicted molar refractivity (Wildman–Crippen MR) is 115 cm³/mol. The molecule has 0 aromatic heterocycles. The Kier molecular flexibility index (Phi) is 6.56. The normalized spacial score (nSPS) is 18.5. The second kappa shape index (κ2) is 9.37. The molecule has 3 aromatic carbocycles. The Morgan fingerprint density at radius 3 is 1.97 bits per heavy atom. The minimum Gasteiger partial charge on any atom is -0.500 e. The van der Waals surface area contributed by atoms with Crippen LogP contribution in [0.3, 0.4) is 0 Å². The van der Waals surface area contributed by atoms with Gasteiger partial charge in [-0.25, -0.2) is 13.2 Å². The van der Waals surface area contributed by atoms with Gasteiger partial charge in [0.1, 0.15) is 7.85 Å². The molecule has 2 atom stereocenters. The molecule has 7 heteroatoms. The molecule has 2 unspecified atom stereocenters. The second-order valence-corrected chi connectivity index (χ2v) is 7.96. The largest absolute Gasteiger partial charge is 0.500 e. The van der Waals surface area contributed by atoms with E-state index in [1.165, 1.54) is 42.5 Å². The highest BCUT2D eigenvalue weighted by atomic mass is 19.2. The van der Waals surface area contributed by atoms with Crippen molar-refractivity contribution in [3.8, 4) is 28.0 Å². The zero-order valence-corrected chi connectivity index (χ0v) is 17.5. The molecule has 164 valence electrons. The summed E-state index contributed by atoms with van der Waals surface area (Å²) in [5.74, 6) is -3.97. The monoisotopic (exact) mass is 440 g/mol. The van der Waals surface area contributed by atoms with Crippen molar-refractivity contribution in [3.05, 3.63) is 77.4 Å². The summed E-state index contributed by atoms with van der Waals surface area (Å²) in [4.78, 5) is 0. The topological polar surface area (TPSA) is 18.5 Å². The van der Waals surface area contributed by atoms with Gasteiger partial charge in [0.15, 0.2) is 23.2 Å². The number of hydrogen-bond acceptors (Lipinski definition) is 2. The standard InChI is InChI=1S/C25H21BF4O2/c1-14-2-10-20(31-12-14)19-8-7-17(22(27)24(19)29)15-3-5-16(6-4-15)18-9-11-21(32-13-26)25(30)23(18)28/h3-9,11,14,20H,2,10,12-13H2,1H3. The highest BCUT2D eigenvalue weighted by Gasteiger charge is 2.26. The quantitative estimate of drug-likeness (QED) is 0.330. The van der Waals surface area contributed by atoms with Gasteiger partial charge >= 0.3 is 0 Å². The number of benzene rings is 3. The minimum atomic E-state index is -1.14. The Labute approximate surface area is 185 Å². The van der Waals surface area contributed by atoms with Crippen molar-refractivity contribution in [1.29, 1.82) is 0 Å². The Hall–Kier alpha value is -2.80. The first-order valence-electron chi connectivity index (χ1n) is 10.4. The predicted octanol–water partition coefficient (Wildman–Crippen LogP) is 6.57. The number of halogens is 4. The summed E-state index contributed by atoms with van der Waals surface area (Å²) in [5, 5.41) is 0. The van der Waals surface area contributed by atoms with Gasteiger partial charge in [-0.15, -0.1) is 0 Å². The molecule has 1 heterocycles. The molecule has 2 nitrogen and oxygen atoms in total. The van der Waals surface area contributed by atoms with Crippen molar-refractivity contribution >= 4 is 7.85 Å². The Balaban J connectivity index is 1.61. The zero-order valence-electron chi connectivity index (χ0n) is 17.5. The van der Waals surface area contributed by atoms with Gasteiger partial charge in [-0.05, 0) is 42.0 Å². The smallest absolute Gasteiger partial charge is 0.201 e. The fourth-order valence-electron chi connectivity index (χ4n) is 3.95. The van der Waals surface area contributed by atoms with E-state index in [0.29, 0.717) is 30.1 Å². The summed E-state index contributed by atoms with van der Waals surface area (Å²) in [6.45, 7) is 2.30. The van der Waals surface area contributed by atoms with Gasteiger partial charge in [0, 0.05) is 29.8 Å². The maximum atomic E-state index is 14.9. The van der Waals surface area contributed by atoms with Crippen molar-refractivity contribution in [2.75, 3.05) is 13.1 Å². The van der Waals surface area contributed by atoms with Crippen LogP contribution in [0.15, 0.2) is 48.5 Å².